The number of nitrogens with two attached hydrogens (primary N) is 1. The molecular weight excluding hydrogens is 262 g/mol. The Balaban J connectivity index is 2.08. The van der Waals surface area contributed by atoms with Crippen LogP contribution in [0.25, 0.3) is 33.5 Å². The number of aromatic amines is 1. The second-order valence-electron chi connectivity index (χ2n) is 4.84. The van der Waals surface area contributed by atoms with Crippen LogP contribution in [0.3, 0.4) is 0 Å². The van der Waals surface area contributed by atoms with Gasteiger partial charge in [0.05, 0.1) is 11.0 Å². The standard InChI is InChI=1S/C16H13N5/c17-9-11-8-12-14(19-7-6-18-12)15-13(11)20-16(21-15)10-4-2-1-3-5-10/h1-8,18H,9,17H2. The summed E-state index contributed by atoms with van der Waals surface area (Å²) >= 11 is 0. The maximum Gasteiger partial charge on any atom is 0.160 e. The van der Waals surface area contributed by atoms with Crippen LogP contribution in [0.4, 0.5) is 0 Å². The minimum atomic E-state index is 0.419. The van der Waals surface area contributed by atoms with Crippen LogP contribution in [0, 0.1) is 0 Å². The van der Waals surface area contributed by atoms with Crippen molar-refractivity contribution in [3.8, 4) is 11.4 Å². The van der Waals surface area contributed by atoms with Crippen molar-refractivity contribution in [2.75, 3.05) is 0 Å². The van der Waals surface area contributed by atoms with E-state index in [0.717, 1.165) is 33.2 Å². The molecule has 4 aromatic rings. The van der Waals surface area contributed by atoms with E-state index in [2.05, 4.69) is 19.9 Å². The topological polar surface area (TPSA) is 80.5 Å². The lowest BCUT2D eigenvalue weighted by Crippen LogP contribution is -1.98. The zero-order chi connectivity index (χ0) is 14.2. The Morgan fingerprint density at radius 2 is 1.81 bits per heavy atom. The molecule has 102 valence electrons. The normalized spacial score (nSPS) is 11.3. The number of hydrogen-bond acceptors (Lipinski definition) is 4. The number of imidazole rings is 1. The van der Waals surface area contributed by atoms with E-state index in [1.54, 1.807) is 12.4 Å². The number of benzene rings is 2. The summed E-state index contributed by atoms with van der Waals surface area (Å²) in [6, 6.07) is 11.9. The average Bonchev–Trinajstić information content (AvgIpc) is 3.00. The maximum atomic E-state index is 5.85. The molecule has 0 unspecified atom stereocenters. The lowest BCUT2D eigenvalue weighted by atomic mass is 10.1. The first-order chi connectivity index (χ1) is 10.4. The van der Waals surface area contributed by atoms with Crippen LogP contribution in [0.5, 0.6) is 0 Å². The Kier molecular flexibility index (Phi) is 2.65. The van der Waals surface area contributed by atoms with Gasteiger partial charge in [-0.25, -0.2) is 9.97 Å². The largest absolute Gasteiger partial charge is 0.358 e. The van der Waals surface area contributed by atoms with E-state index in [1.807, 2.05) is 36.4 Å². The molecule has 21 heavy (non-hydrogen) atoms. The number of fused-ring (bicyclic) bond motifs is 3. The summed E-state index contributed by atoms with van der Waals surface area (Å²) in [6.07, 6.45) is 3.52. The summed E-state index contributed by atoms with van der Waals surface area (Å²) in [4.78, 5) is 16.9. The smallest absolute Gasteiger partial charge is 0.160 e. The lowest BCUT2D eigenvalue weighted by molar-refractivity contribution is 1.08. The van der Waals surface area contributed by atoms with Crippen LogP contribution in [0.2, 0.25) is 0 Å². The molecule has 0 saturated carbocycles. The number of nitrogens with zero attached hydrogens (tertiary/aromatic N) is 3. The predicted octanol–water partition coefficient (Wildman–Crippen LogP) is 2.63. The predicted molar refractivity (Wildman–Crippen MR) is 82.5 cm³/mol. The van der Waals surface area contributed by atoms with Crippen LogP contribution in [0.1, 0.15) is 5.56 Å². The van der Waals surface area contributed by atoms with Crippen molar-refractivity contribution < 1.29 is 0 Å². The molecule has 5 nitrogen and oxygen atoms in total. The van der Waals surface area contributed by atoms with Crippen molar-refractivity contribution in [3.63, 3.8) is 0 Å². The van der Waals surface area contributed by atoms with E-state index in [-0.39, 0.29) is 0 Å². The second-order valence-corrected chi connectivity index (χ2v) is 4.84. The molecule has 0 radical (unpaired) electrons. The number of rotatable bonds is 2. The molecule has 0 aliphatic rings. The van der Waals surface area contributed by atoms with E-state index < -0.39 is 0 Å². The van der Waals surface area contributed by atoms with E-state index >= 15 is 0 Å². The third-order valence-corrected chi connectivity index (χ3v) is 3.53. The molecule has 2 aromatic carbocycles. The van der Waals surface area contributed by atoms with Crippen LogP contribution < -0.4 is 5.73 Å². The van der Waals surface area contributed by atoms with Crippen LogP contribution in [-0.4, -0.2) is 19.9 Å². The van der Waals surface area contributed by atoms with Crippen molar-refractivity contribution >= 4 is 22.1 Å². The second kappa shape index (κ2) is 4.64. The minimum absolute atomic E-state index is 0.419. The molecule has 3 N–H and O–H groups in total. The molecular formula is C16H13N5. The van der Waals surface area contributed by atoms with Gasteiger partial charge >= 0.3 is 0 Å². The van der Waals surface area contributed by atoms with Crippen LogP contribution in [-0.2, 0) is 6.54 Å². The third kappa shape index (κ3) is 1.86. The van der Waals surface area contributed by atoms with Crippen molar-refractivity contribution in [1.29, 1.82) is 0 Å². The Bertz CT molecular complexity index is 927. The fraction of sp³-hybridized carbons (Fsp3) is 0.0625. The monoisotopic (exact) mass is 275 g/mol. The first-order valence-electron chi connectivity index (χ1n) is 6.75. The lowest BCUT2D eigenvalue weighted by Gasteiger charge is -2.02. The molecule has 0 bridgehead atoms. The summed E-state index contributed by atoms with van der Waals surface area (Å²) in [5.41, 5.74) is 11.2. The van der Waals surface area contributed by atoms with Crippen molar-refractivity contribution in [2.45, 2.75) is 6.54 Å². The van der Waals surface area contributed by atoms with Gasteiger partial charge in [-0.3, -0.25) is 4.98 Å². The molecule has 4 rings (SSSR count). The quantitative estimate of drug-likeness (QED) is 0.589. The van der Waals surface area contributed by atoms with Crippen LogP contribution >= 0.6 is 0 Å². The van der Waals surface area contributed by atoms with Crippen molar-refractivity contribution in [1.82, 2.24) is 19.9 Å². The molecule has 0 fully saturated rings. The third-order valence-electron chi connectivity index (χ3n) is 3.53. The van der Waals surface area contributed by atoms with Gasteiger partial charge in [-0.15, -0.1) is 0 Å². The Hall–Kier alpha value is -2.79. The molecule has 2 heterocycles. The van der Waals surface area contributed by atoms with Gasteiger partial charge in [-0.1, -0.05) is 30.3 Å². The average molecular weight is 275 g/mol. The summed E-state index contributed by atoms with van der Waals surface area (Å²) in [5, 5.41) is 0. The molecule has 0 atom stereocenters. The van der Waals surface area contributed by atoms with Crippen LogP contribution in [0.15, 0.2) is 48.8 Å². The van der Waals surface area contributed by atoms with Gasteiger partial charge < -0.3 is 10.7 Å². The molecule has 0 spiro atoms. The summed E-state index contributed by atoms with van der Waals surface area (Å²) in [7, 11) is 0. The van der Waals surface area contributed by atoms with Gasteiger partial charge in [0.15, 0.2) is 5.82 Å². The zero-order valence-corrected chi connectivity index (χ0v) is 11.2. The minimum Gasteiger partial charge on any atom is -0.358 e. The van der Waals surface area contributed by atoms with E-state index in [0.29, 0.717) is 12.4 Å². The summed E-state index contributed by atoms with van der Waals surface area (Å²) in [5.74, 6) is 0.707. The highest BCUT2D eigenvalue weighted by Crippen LogP contribution is 2.27. The molecule has 0 aliphatic heterocycles. The van der Waals surface area contributed by atoms with Gasteiger partial charge in [-0.05, 0) is 11.6 Å². The highest BCUT2D eigenvalue weighted by molar-refractivity contribution is 6.02. The SMILES string of the molecule is NCc1cc2[nH]ccnc2c2nc(-c3ccccc3)nc12. The number of aromatic nitrogens is 4. The van der Waals surface area contributed by atoms with E-state index in [4.69, 9.17) is 5.73 Å². The van der Waals surface area contributed by atoms with Crippen molar-refractivity contribution in [2.24, 2.45) is 5.73 Å². The van der Waals surface area contributed by atoms with E-state index in [1.165, 1.54) is 0 Å². The molecule has 0 amide bonds. The molecule has 2 aromatic heterocycles. The number of H-pyrrole nitrogens is 1. The first kappa shape index (κ1) is 12.0. The fourth-order valence-electron chi connectivity index (χ4n) is 2.52. The van der Waals surface area contributed by atoms with Gasteiger partial charge in [0.25, 0.3) is 0 Å². The number of nitrogens with one attached hydrogen (secondary N) is 1. The molecule has 0 aliphatic carbocycles. The summed E-state index contributed by atoms with van der Waals surface area (Å²) in [6.45, 7) is 0.419. The molecule has 5 heteroatoms. The van der Waals surface area contributed by atoms with Gasteiger partial charge in [0.1, 0.15) is 11.0 Å². The maximum absolute atomic E-state index is 5.85. The van der Waals surface area contributed by atoms with E-state index in [9.17, 15) is 0 Å². The fourth-order valence-corrected chi connectivity index (χ4v) is 2.52. The van der Waals surface area contributed by atoms with Crippen molar-refractivity contribution in [3.05, 3.63) is 54.4 Å². The highest BCUT2D eigenvalue weighted by Gasteiger charge is 2.14. The first-order valence-corrected chi connectivity index (χ1v) is 6.75. The summed E-state index contributed by atoms with van der Waals surface area (Å²) < 4.78 is 0. The zero-order valence-electron chi connectivity index (χ0n) is 11.2. The Labute approximate surface area is 120 Å². The van der Waals surface area contributed by atoms with Gasteiger partial charge in [0, 0.05) is 24.5 Å². The number of hydrogen-bond donors (Lipinski definition) is 2. The molecule has 0 saturated heterocycles. The van der Waals surface area contributed by atoms with Gasteiger partial charge in [-0.2, -0.15) is 0 Å². The Morgan fingerprint density at radius 1 is 1.00 bits per heavy atom. The highest BCUT2D eigenvalue weighted by atomic mass is 14.9. The van der Waals surface area contributed by atoms with Gasteiger partial charge in [0.2, 0.25) is 0 Å². The Morgan fingerprint density at radius 3 is 2.62 bits per heavy atom.